The van der Waals surface area contributed by atoms with E-state index in [0.717, 1.165) is 6.42 Å². The third kappa shape index (κ3) is 5.68. The van der Waals surface area contributed by atoms with Crippen LogP contribution in [0.15, 0.2) is 24.3 Å². The largest absolute Gasteiger partial charge is 0.491 e. The number of carbonyl (C=O) groups excluding carboxylic acids is 1. The Morgan fingerprint density at radius 1 is 1.39 bits per heavy atom. The summed E-state index contributed by atoms with van der Waals surface area (Å²) >= 11 is 5.93. The van der Waals surface area contributed by atoms with E-state index >= 15 is 0 Å². The molecule has 1 fully saturated rings. The van der Waals surface area contributed by atoms with Crippen molar-refractivity contribution < 1.29 is 19.4 Å². The number of methoxy groups -OCH3 is 1. The van der Waals surface area contributed by atoms with Crippen molar-refractivity contribution >= 4 is 17.5 Å². The number of carbonyl (C=O) groups is 1. The minimum Gasteiger partial charge on any atom is -0.491 e. The number of aliphatic hydroxyl groups is 1. The number of ether oxygens (including phenoxy) is 2. The van der Waals surface area contributed by atoms with Crippen LogP contribution in [-0.4, -0.2) is 54.9 Å². The molecule has 6 heteroatoms. The monoisotopic (exact) mass is 341 g/mol. The van der Waals surface area contributed by atoms with Gasteiger partial charge in [-0.25, -0.2) is 0 Å². The number of halogens is 1. The molecule has 128 valence electrons. The molecule has 1 unspecified atom stereocenters. The van der Waals surface area contributed by atoms with Gasteiger partial charge in [0.15, 0.2) is 0 Å². The smallest absolute Gasteiger partial charge is 0.224 e. The van der Waals surface area contributed by atoms with Gasteiger partial charge in [-0.2, -0.15) is 0 Å². The van der Waals surface area contributed by atoms with E-state index < -0.39 is 5.60 Å². The van der Waals surface area contributed by atoms with E-state index in [-0.39, 0.29) is 12.5 Å². The van der Waals surface area contributed by atoms with Crippen molar-refractivity contribution in [1.29, 1.82) is 0 Å². The molecule has 1 aliphatic heterocycles. The molecule has 0 bridgehead atoms. The molecule has 2 rings (SSSR count). The number of hydrogen-bond acceptors (Lipinski definition) is 4. The Balaban J connectivity index is 1.86. The molecule has 5 nitrogen and oxygen atoms in total. The molecule has 0 aliphatic carbocycles. The van der Waals surface area contributed by atoms with Gasteiger partial charge in [0.25, 0.3) is 0 Å². The molecule has 1 aromatic rings. The summed E-state index contributed by atoms with van der Waals surface area (Å²) in [5.41, 5.74) is -0.918. The van der Waals surface area contributed by atoms with Gasteiger partial charge in [-0.15, -0.1) is 0 Å². The Labute approximate surface area is 142 Å². The fourth-order valence-electron chi connectivity index (χ4n) is 2.69. The maximum Gasteiger partial charge on any atom is 0.224 e. The Morgan fingerprint density at radius 3 is 2.96 bits per heavy atom. The summed E-state index contributed by atoms with van der Waals surface area (Å²) < 4.78 is 10.6. The predicted molar refractivity (Wildman–Crippen MR) is 88.8 cm³/mol. The molecule has 1 aliphatic rings. The van der Waals surface area contributed by atoms with Gasteiger partial charge in [0.2, 0.25) is 5.91 Å². The molecule has 1 saturated heterocycles. The molecule has 1 N–H and O–H groups in total. The first-order valence-corrected chi connectivity index (χ1v) is 8.28. The highest BCUT2D eigenvalue weighted by atomic mass is 35.5. The van der Waals surface area contributed by atoms with Crippen molar-refractivity contribution in [2.45, 2.75) is 31.3 Å². The highest BCUT2D eigenvalue weighted by Gasteiger charge is 2.32. The van der Waals surface area contributed by atoms with E-state index in [1.54, 1.807) is 24.1 Å². The molecular weight excluding hydrogens is 318 g/mol. The lowest BCUT2D eigenvalue weighted by Crippen LogP contribution is -2.38. The van der Waals surface area contributed by atoms with Gasteiger partial charge in [0, 0.05) is 25.2 Å². The van der Waals surface area contributed by atoms with Crippen LogP contribution in [0.1, 0.15) is 25.7 Å². The first-order valence-electron chi connectivity index (χ1n) is 7.90. The van der Waals surface area contributed by atoms with Gasteiger partial charge in [0.1, 0.15) is 18.0 Å². The SMILES string of the molecule is COCCC(=O)N1CCCC(O)(COc2cccc(Cl)c2)CC1. The number of rotatable bonds is 6. The second-order valence-electron chi connectivity index (χ2n) is 5.95. The maximum atomic E-state index is 12.1. The van der Waals surface area contributed by atoms with E-state index in [1.807, 2.05) is 12.1 Å². The molecule has 1 aromatic carbocycles. The lowest BCUT2D eigenvalue weighted by atomic mass is 9.96. The quantitative estimate of drug-likeness (QED) is 0.863. The predicted octanol–water partition coefficient (Wildman–Crippen LogP) is 2.50. The molecule has 0 saturated carbocycles. The van der Waals surface area contributed by atoms with Gasteiger partial charge in [-0.1, -0.05) is 17.7 Å². The van der Waals surface area contributed by atoms with E-state index in [0.29, 0.717) is 49.7 Å². The fourth-order valence-corrected chi connectivity index (χ4v) is 2.87. The van der Waals surface area contributed by atoms with Crippen LogP contribution >= 0.6 is 11.6 Å². The average molecular weight is 342 g/mol. The third-order valence-corrected chi connectivity index (χ3v) is 4.33. The Hall–Kier alpha value is -1.30. The van der Waals surface area contributed by atoms with Crippen LogP contribution < -0.4 is 4.74 Å². The summed E-state index contributed by atoms with van der Waals surface area (Å²) in [4.78, 5) is 13.9. The van der Waals surface area contributed by atoms with Crippen molar-refractivity contribution in [3.63, 3.8) is 0 Å². The molecule has 1 heterocycles. The van der Waals surface area contributed by atoms with E-state index in [1.165, 1.54) is 0 Å². The number of nitrogens with zero attached hydrogens (tertiary/aromatic N) is 1. The second-order valence-corrected chi connectivity index (χ2v) is 6.38. The Bertz CT molecular complexity index is 525. The zero-order valence-corrected chi connectivity index (χ0v) is 14.2. The van der Waals surface area contributed by atoms with E-state index in [2.05, 4.69) is 0 Å². The highest BCUT2D eigenvalue weighted by molar-refractivity contribution is 6.30. The number of hydrogen-bond donors (Lipinski definition) is 1. The standard InChI is InChI=1S/C17H24ClNO4/c1-22-11-6-16(20)19-9-3-7-17(21,8-10-19)13-23-15-5-2-4-14(18)12-15/h2,4-5,12,21H,3,6-11,13H2,1H3. The Morgan fingerprint density at radius 2 is 2.22 bits per heavy atom. The first kappa shape index (κ1) is 18.0. The maximum absolute atomic E-state index is 12.1. The summed E-state index contributed by atoms with van der Waals surface area (Å²) in [6.45, 7) is 1.84. The lowest BCUT2D eigenvalue weighted by molar-refractivity contribution is -0.132. The lowest BCUT2D eigenvalue weighted by Gasteiger charge is -2.27. The first-order chi connectivity index (χ1) is 11.0. The van der Waals surface area contributed by atoms with Crippen molar-refractivity contribution in [3.8, 4) is 5.75 Å². The van der Waals surface area contributed by atoms with Crippen LogP contribution in [0.3, 0.4) is 0 Å². The molecule has 0 spiro atoms. The summed E-state index contributed by atoms with van der Waals surface area (Å²) in [5, 5.41) is 11.3. The molecular formula is C17H24ClNO4. The number of amides is 1. The summed E-state index contributed by atoms with van der Waals surface area (Å²) in [7, 11) is 1.58. The van der Waals surface area contributed by atoms with Gasteiger partial charge < -0.3 is 19.5 Å². The molecule has 23 heavy (non-hydrogen) atoms. The normalized spacial score (nSPS) is 21.8. The molecule has 0 aromatic heterocycles. The topological polar surface area (TPSA) is 59.0 Å². The van der Waals surface area contributed by atoms with Gasteiger partial charge in [0.05, 0.1) is 13.0 Å². The van der Waals surface area contributed by atoms with Crippen LogP contribution in [0.5, 0.6) is 5.75 Å². The molecule has 1 amide bonds. The summed E-state index contributed by atoms with van der Waals surface area (Å²) in [6.07, 6.45) is 2.26. The number of benzene rings is 1. The van der Waals surface area contributed by atoms with Crippen molar-refractivity contribution in [2.75, 3.05) is 33.4 Å². The summed E-state index contributed by atoms with van der Waals surface area (Å²) in [5.74, 6) is 0.718. The van der Waals surface area contributed by atoms with E-state index in [9.17, 15) is 9.90 Å². The van der Waals surface area contributed by atoms with Crippen LogP contribution in [0, 0.1) is 0 Å². The number of likely N-dealkylation sites (tertiary alicyclic amines) is 1. The van der Waals surface area contributed by atoms with Crippen molar-refractivity contribution in [2.24, 2.45) is 0 Å². The van der Waals surface area contributed by atoms with Crippen LogP contribution in [0.4, 0.5) is 0 Å². The van der Waals surface area contributed by atoms with Gasteiger partial charge >= 0.3 is 0 Å². The van der Waals surface area contributed by atoms with Crippen molar-refractivity contribution in [3.05, 3.63) is 29.3 Å². The highest BCUT2D eigenvalue weighted by Crippen LogP contribution is 2.25. The third-order valence-electron chi connectivity index (χ3n) is 4.09. The fraction of sp³-hybridized carbons (Fsp3) is 0.588. The van der Waals surface area contributed by atoms with Crippen LogP contribution in [0.2, 0.25) is 5.02 Å². The average Bonchev–Trinajstić information content (AvgIpc) is 2.73. The summed E-state index contributed by atoms with van der Waals surface area (Å²) in [6, 6.07) is 7.12. The molecule has 1 atom stereocenters. The Kier molecular flexibility index (Phi) is 6.69. The zero-order valence-electron chi connectivity index (χ0n) is 13.5. The minimum atomic E-state index is -0.918. The second kappa shape index (κ2) is 8.52. The van der Waals surface area contributed by atoms with Gasteiger partial charge in [-0.05, 0) is 37.5 Å². The van der Waals surface area contributed by atoms with E-state index in [4.69, 9.17) is 21.1 Å². The van der Waals surface area contributed by atoms with Crippen LogP contribution in [-0.2, 0) is 9.53 Å². The minimum absolute atomic E-state index is 0.0758. The van der Waals surface area contributed by atoms with Crippen molar-refractivity contribution in [1.82, 2.24) is 4.90 Å². The zero-order chi connectivity index (χ0) is 16.7. The molecule has 0 radical (unpaired) electrons. The van der Waals surface area contributed by atoms with Crippen LogP contribution in [0.25, 0.3) is 0 Å². The van der Waals surface area contributed by atoms with Gasteiger partial charge in [-0.3, -0.25) is 4.79 Å².